The molecule has 4 heteroatoms. The van der Waals surface area contributed by atoms with Crippen LogP contribution in [0.2, 0.25) is 0 Å². The number of hydrogen-bond acceptors (Lipinski definition) is 2. The number of carbonyl (C=O) groups is 1. The molecule has 0 heterocycles. The molecule has 0 saturated carbocycles. The van der Waals surface area contributed by atoms with Gasteiger partial charge in [0.1, 0.15) is 0 Å². The number of carbonyl (C=O) groups excluding carboxylic acids is 1. The first-order valence-corrected chi connectivity index (χ1v) is 5.83. The molecule has 17 heavy (non-hydrogen) atoms. The summed E-state index contributed by atoms with van der Waals surface area (Å²) in [6, 6.07) is 7.74. The predicted molar refractivity (Wildman–Crippen MR) is 71.1 cm³/mol. The minimum atomic E-state index is -0.102. The van der Waals surface area contributed by atoms with Crippen LogP contribution in [0.15, 0.2) is 24.3 Å². The van der Waals surface area contributed by atoms with E-state index < -0.39 is 0 Å². The molecule has 0 aliphatic carbocycles. The number of amides is 2. The second kappa shape index (κ2) is 6.25. The van der Waals surface area contributed by atoms with Crippen LogP contribution in [-0.2, 0) is 0 Å². The van der Waals surface area contributed by atoms with Gasteiger partial charge in [0, 0.05) is 25.3 Å². The molecule has 94 valence electrons. The molecule has 0 fully saturated rings. The summed E-state index contributed by atoms with van der Waals surface area (Å²) < 4.78 is 0. The Balaban J connectivity index is 2.45. The van der Waals surface area contributed by atoms with Gasteiger partial charge in [-0.1, -0.05) is 17.7 Å². The Labute approximate surface area is 103 Å². The number of nitrogens with zero attached hydrogens (tertiary/aromatic N) is 1. The van der Waals surface area contributed by atoms with Crippen LogP contribution in [-0.4, -0.2) is 30.6 Å². The summed E-state index contributed by atoms with van der Waals surface area (Å²) in [5.74, 6) is 0. The fourth-order valence-corrected chi connectivity index (χ4v) is 1.35. The molecule has 1 rings (SSSR count). The van der Waals surface area contributed by atoms with E-state index in [0.29, 0.717) is 6.54 Å². The van der Waals surface area contributed by atoms with Gasteiger partial charge in [0.05, 0.1) is 0 Å². The summed E-state index contributed by atoms with van der Waals surface area (Å²) in [5.41, 5.74) is 7.64. The Morgan fingerprint density at radius 1 is 1.41 bits per heavy atom. The standard InChI is InChI=1S/C13H21N3O/c1-10-4-6-12(7-5-10)15-13(17)16(3)9-8-11(2)14/h4-7,11H,8-9,14H2,1-3H3,(H,15,17). The molecule has 0 saturated heterocycles. The summed E-state index contributed by atoms with van der Waals surface area (Å²) >= 11 is 0. The van der Waals surface area contributed by atoms with E-state index in [4.69, 9.17) is 5.73 Å². The van der Waals surface area contributed by atoms with Crippen molar-refractivity contribution in [2.75, 3.05) is 18.9 Å². The molecule has 4 nitrogen and oxygen atoms in total. The van der Waals surface area contributed by atoms with Crippen LogP contribution in [0.4, 0.5) is 10.5 Å². The molecular weight excluding hydrogens is 214 g/mol. The van der Waals surface area contributed by atoms with Gasteiger partial charge >= 0.3 is 6.03 Å². The second-order valence-corrected chi connectivity index (χ2v) is 4.48. The Bertz CT molecular complexity index is 359. The first-order chi connectivity index (χ1) is 7.99. The average molecular weight is 235 g/mol. The Hall–Kier alpha value is -1.55. The van der Waals surface area contributed by atoms with Crippen molar-refractivity contribution in [3.8, 4) is 0 Å². The third-order valence-corrected chi connectivity index (χ3v) is 2.57. The Morgan fingerprint density at radius 2 is 2.00 bits per heavy atom. The van der Waals surface area contributed by atoms with Crippen LogP contribution in [0.1, 0.15) is 18.9 Å². The van der Waals surface area contributed by atoms with Crippen LogP contribution >= 0.6 is 0 Å². The molecular formula is C13H21N3O. The van der Waals surface area contributed by atoms with Crippen LogP contribution in [0, 0.1) is 6.92 Å². The van der Waals surface area contributed by atoms with Crippen LogP contribution in [0.5, 0.6) is 0 Å². The van der Waals surface area contributed by atoms with Crippen LogP contribution in [0.3, 0.4) is 0 Å². The monoisotopic (exact) mass is 235 g/mol. The third-order valence-electron chi connectivity index (χ3n) is 2.57. The normalized spacial score (nSPS) is 12.0. The number of hydrogen-bond donors (Lipinski definition) is 2. The first kappa shape index (κ1) is 13.5. The van der Waals surface area contributed by atoms with Crippen molar-refractivity contribution >= 4 is 11.7 Å². The Morgan fingerprint density at radius 3 is 2.53 bits per heavy atom. The fourth-order valence-electron chi connectivity index (χ4n) is 1.35. The van der Waals surface area contributed by atoms with E-state index in [1.165, 1.54) is 5.56 Å². The minimum absolute atomic E-state index is 0.102. The molecule has 0 aliphatic rings. The van der Waals surface area contributed by atoms with Crippen LogP contribution in [0.25, 0.3) is 0 Å². The average Bonchev–Trinajstić information content (AvgIpc) is 2.28. The summed E-state index contributed by atoms with van der Waals surface area (Å²) in [7, 11) is 1.77. The van der Waals surface area contributed by atoms with Crippen LogP contribution < -0.4 is 11.1 Å². The topological polar surface area (TPSA) is 58.4 Å². The number of nitrogens with two attached hydrogens (primary N) is 1. The van der Waals surface area contributed by atoms with Gasteiger partial charge in [-0.05, 0) is 32.4 Å². The summed E-state index contributed by atoms with van der Waals surface area (Å²) in [5, 5.41) is 2.84. The zero-order chi connectivity index (χ0) is 12.8. The lowest BCUT2D eigenvalue weighted by Crippen LogP contribution is -2.34. The smallest absolute Gasteiger partial charge is 0.321 e. The number of aryl methyl sites for hydroxylation is 1. The van der Waals surface area contributed by atoms with E-state index in [2.05, 4.69) is 5.32 Å². The highest BCUT2D eigenvalue weighted by Crippen LogP contribution is 2.09. The summed E-state index contributed by atoms with van der Waals surface area (Å²) in [4.78, 5) is 13.4. The zero-order valence-corrected chi connectivity index (χ0v) is 10.7. The second-order valence-electron chi connectivity index (χ2n) is 4.48. The van der Waals surface area contributed by atoms with Gasteiger partial charge in [-0.15, -0.1) is 0 Å². The van der Waals surface area contributed by atoms with Gasteiger partial charge < -0.3 is 16.0 Å². The predicted octanol–water partition coefficient (Wildman–Crippen LogP) is 2.20. The maximum absolute atomic E-state index is 11.8. The maximum Gasteiger partial charge on any atom is 0.321 e. The molecule has 1 aromatic carbocycles. The highest BCUT2D eigenvalue weighted by molar-refractivity contribution is 5.89. The molecule has 0 aromatic heterocycles. The van der Waals surface area contributed by atoms with Gasteiger partial charge in [-0.25, -0.2) is 4.79 Å². The number of anilines is 1. The van der Waals surface area contributed by atoms with Crippen molar-refractivity contribution in [3.05, 3.63) is 29.8 Å². The molecule has 3 N–H and O–H groups in total. The van der Waals surface area contributed by atoms with E-state index in [-0.39, 0.29) is 12.1 Å². The first-order valence-electron chi connectivity index (χ1n) is 5.83. The summed E-state index contributed by atoms with van der Waals surface area (Å²) in [6.45, 7) is 4.61. The summed E-state index contributed by atoms with van der Waals surface area (Å²) in [6.07, 6.45) is 0.803. The zero-order valence-electron chi connectivity index (χ0n) is 10.7. The minimum Gasteiger partial charge on any atom is -0.328 e. The van der Waals surface area contributed by atoms with Crippen molar-refractivity contribution in [2.45, 2.75) is 26.3 Å². The molecule has 1 unspecified atom stereocenters. The van der Waals surface area contributed by atoms with Crippen molar-refractivity contribution in [2.24, 2.45) is 5.73 Å². The quantitative estimate of drug-likeness (QED) is 0.840. The molecule has 2 amide bonds. The number of nitrogens with one attached hydrogen (secondary N) is 1. The number of benzene rings is 1. The van der Waals surface area contributed by atoms with Gasteiger partial charge in [-0.2, -0.15) is 0 Å². The molecule has 0 radical (unpaired) electrons. The maximum atomic E-state index is 11.8. The van der Waals surface area contributed by atoms with Gasteiger partial charge in [0.25, 0.3) is 0 Å². The highest BCUT2D eigenvalue weighted by Gasteiger charge is 2.08. The lowest BCUT2D eigenvalue weighted by molar-refractivity contribution is 0.221. The van der Waals surface area contributed by atoms with E-state index in [9.17, 15) is 4.79 Å². The van der Waals surface area contributed by atoms with Crippen molar-refractivity contribution in [3.63, 3.8) is 0 Å². The molecule has 1 atom stereocenters. The number of rotatable bonds is 4. The van der Waals surface area contributed by atoms with E-state index in [0.717, 1.165) is 12.1 Å². The van der Waals surface area contributed by atoms with Gasteiger partial charge in [-0.3, -0.25) is 0 Å². The molecule has 0 aliphatic heterocycles. The largest absolute Gasteiger partial charge is 0.328 e. The lowest BCUT2D eigenvalue weighted by atomic mass is 10.2. The fraction of sp³-hybridized carbons (Fsp3) is 0.462. The molecule has 1 aromatic rings. The highest BCUT2D eigenvalue weighted by atomic mass is 16.2. The van der Waals surface area contributed by atoms with Crippen molar-refractivity contribution in [1.29, 1.82) is 0 Å². The van der Waals surface area contributed by atoms with E-state index in [1.54, 1.807) is 11.9 Å². The Kier molecular flexibility index (Phi) is 4.97. The number of urea groups is 1. The SMILES string of the molecule is Cc1ccc(NC(=O)N(C)CCC(C)N)cc1. The van der Waals surface area contributed by atoms with Crippen molar-refractivity contribution < 1.29 is 4.79 Å². The molecule has 0 bridgehead atoms. The lowest BCUT2D eigenvalue weighted by Gasteiger charge is -2.19. The van der Waals surface area contributed by atoms with Gasteiger partial charge in [0.15, 0.2) is 0 Å². The van der Waals surface area contributed by atoms with Crippen molar-refractivity contribution in [1.82, 2.24) is 4.90 Å². The van der Waals surface area contributed by atoms with E-state index >= 15 is 0 Å². The third kappa shape index (κ3) is 4.87. The van der Waals surface area contributed by atoms with Gasteiger partial charge in [0.2, 0.25) is 0 Å². The molecule has 0 spiro atoms. The van der Waals surface area contributed by atoms with E-state index in [1.807, 2.05) is 38.1 Å².